The smallest absolute Gasteiger partial charge is 0.217 e. The van der Waals surface area contributed by atoms with Crippen LogP contribution in [0.4, 0.5) is 0 Å². The molecule has 3 nitrogen and oxygen atoms in total. The van der Waals surface area contributed by atoms with Crippen LogP contribution in [0.1, 0.15) is 5.56 Å². The molecule has 1 heterocycles. The molecule has 0 spiro atoms. The van der Waals surface area contributed by atoms with Gasteiger partial charge in [-0.25, -0.2) is 4.98 Å². The van der Waals surface area contributed by atoms with Crippen molar-refractivity contribution in [3.63, 3.8) is 0 Å². The summed E-state index contributed by atoms with van der Waals surface area (Å²) in [5.74, 6) is 0.351. The second kappa shape index (κ2) is 7.12. The third-order valence-corrected chi connectivity index (χ3v) is 5.16. The Hall–Kier alpha value is -0.890. The molecule has 0 aliphatic rings. The monoisotopic (exact) mass is 394 g/mol. The van der Waals surface area contributed by atoms with Crippen molar-refractivity contribution in [1.29, 1.82) is 5.26 Å². The zero-order chi connectivity index (χ0) is 16.4. The molecule has 2 rings (SSSR count). The number of halogens is 5. The second-order valence-corrected chi connectivity index (χ2v) is 6.06. The van der Waals surface area contributed by atoms with Crippen molar-refractivity contribution in [3.05, 3.63) is 42.9 Å². The average Bonchev–Trinajstić information content (AvgIpc) is 2.52. The van der Waals surface area contributed by atoms with Crippen LogP contribution in [0.3, 0.4) is 0 Å². The maximum atomic E-state index is 8.89. The van der Waals surface area contributed by atoms with E-state index in [2.05, 4.69) is 4.98 Å². The minimum absolute atomic E-state index is 0.0841. The summed E-state index contributed by atoms with van der Waals surface area (Å²) in [6.45, 7) is 0. The molecule has 0 amide bonds. The first-order valence-corrected chi connectivity index (χ1v) is 7.73. The van der Waals surface area contributed by atoms with Crippen molar-refractivity contribution in [2.24, 2.45) is 0 Å². The van der Waals surface area contributed by atoms with Crippen molar-refractivity contribution < 1.29 is 4.74 Å². The summed E-state index contributed by atoms with van der Waals surface area (Å²) in [5, 5.41) is 9.50. The van der Waals surface area contributed by atoms with Crippen molar-refractivity contribution in [2.75, 3.05) is 7.11 Å². The fourth-order valence-corrected chi connectivity index (χ4v) is 3.25. The van der Waals surface area contributed by atoms with E-state index in [9.17, 15) is 0 Å². The Morgan fingerprint density at radius 1 is 1.05 bits per heavy atom. The fourth-order valence-electron chi connectivity index (χ4n) is 1.89. The van der Waals surface area contributed by atoms with Gasteiger partial charge in [0.25, 0.3) is 0 Å². The second-order valence-electron chi connectivity index (χ2n) is 4.17. The number of hydrogen-bond donors (Lipinski definition) is 0. The highest BCUT2D eigenvalue weighted by molar-refractivity contribution is 6.56. The molecule has 0 fully saturated rings. The number of pyridine rings is 1. The van der Waals surface area contributed by atoms with Gasteiger partial charge in [-0.2, -0.15) is 5.26 Å². The summed E-state index contributed by atoms with van der Waals surface area (Å²) in [4.78, 5) is 4.15. The van der Waals surface area contributed by atoms with Crippen molar-refractivity contribution >= 4 is 58.0 Å². The van der Waals surface area contributed by atoms with E-state index in [0.717, 1.165) is 0 Å². The Balaban J connectivity index is 2.73. The number of benzene rings is 1. The third kappa shape index (κ3) is 3.08. The highest BCUT2D eigenvalue weighted by Gasteiger charge is 2.21. The molecule has 0 N–H and O–H groups in total. The molecule has 1 aromatic heterocycles. The lowest BCUT2D eigenvalue weighted by Gasteiger charge is -2.14. The molecule has 0 unspecified atom stereocenters. The minimum atomic E-state index is 0.0841. The van der Waals surface area contributed by atoms with Crippen LogP contribution >= 0.6 is 58.0 Å². The van der Waals surface area contributed by atoms with Gasteiger partial charge in [0, 0.05) is 22.9 Å². The van der Waals surface area contributed by atoms with Gasteiger partial charge in [0.2, 0.25) is 5.88 Å². The standard InChI is InChI=1S/C14H7Cl5N2O/c1-22-14-6(2-3-20)4-7(5-21-14)8-9(15)11(17)13(19)12(18)10(8)16/h4-5H,2H2,1H3. The van der Waals surface area contributed by atoms with E-state index in [1.165, 1.54) is 13.3 Å². The lowest BCUT2D eigenvalue weighted by molar-refractivity contribution is 0.394. The summed E-state index contributed by atoms with van der Waals surface area (Å²) in [5.41, 5.74) is 1.55. The number of rotatable bonds is 3. The van der Waals surface area contributed by atoms with Crippen LogP contribution < -0.4 is 4.74 Å². The molecule has 22 heavy (non-hydrogen) atoms. The molecule has 1 aromatic carbocycles. The van der Waals surface area contributed by atoms with Gasteiger partial charge in [-0.3, -0.25) is 0 Å². The number of nitriles is 1. The van der Waals surface area contributed by atoms with Gasteiger partial charge in [0.1, 0.15) is 0 Å². The first kappa shape index (κ1) is 17.5. The molecule has 0 radical (unpaired) electrons. The Kier molecular flexibility index (Phi) is 5.65. The summed E-state index contributed by atoms with van der Waals surface area (Å²) in [6, 6.07) is 3.74. The largest absolute Gasteiger partial charge is 0.481 e. The number of methoxy groups -OCH3 is 1. The van der Waals surface area contributed by atoms with Crippen LogP contribution in [0.15, 0.2) is 12.3 Å². The quantitative estimate of drug-likeness (QED) is 0.466. The maximum absolute atomic E-state index is 8.89. The van der Waals surface area contributed by atoms with E-state index >= 15 is 0 Å². The Labute approximate surface area is 152 Å². The first-order chi connectivity index (χ1) is 10.4. The average molecular weight is 396 g/mol. The van der Waals surface area contributed by atoms with E-state index in [-0.39, 0.29) is 31.5 Å². The van der Waals surface area contributed by atoms with Gasteiger partial charge in [-0.05, 0) is 6.07 Å². The molecule has 0 bridgehead atoms. The van der Waals surface area contributed by atoms with Crippen LogP contribution in [0.5, 0.6) is 5.88 Å². The van der Waals surface area contributed by atoms with E-state index in [4.69, 9.17) is 68.0 Å². The Bertz CT molecular complexity index is 757. The van der Waals surface area contributed by atoms with Crippen LogP contribution in [0.2, 0.25) is 25.1 Å². The molecule has 114 valence electrons. The lowest BCUT2D eigenvalue weighted by Crippen LogP contribution is -1.96. The minimum Gasteiger partial charge on any atom is -0.481 e. The molecule has 0 aliphatic carbocycles. The van der Waals surface area contributed by atoms with Gasteiger partial charge >= 0.3 is 0 Å². The van der Waals surface area contributed by atoms with Crippen LogP contribution in [-0.4, -0.2) is 12.1 Å². The summed E-state index contributed by atoms with van der Waals surface area (Å²) in [7, 11) is 1.47. The molecular weight excluding hydrogens is 389 g/mol. The number of aromatic nitrogens is 1. The Morgan fingerprint density at radius 2 is 1.59 bits per heavy atom. The van der Waals surface area contributed by atoms with Crippen LogP contribution in [-0.2, 0) is 6.42 Å². The van der Waals surface area contributed by atoms with Gasteiger partial charge in [0.05, 0.1) is 44.7 Å². The first-order valence-electron chi connectivity index (χ1n) is 5.84. The zero-order valence-electron chi connectivity index (χ0n) is 11.1. The predicted molar refractivity (Wildman–Crippen MR) is 90.6 cm³/mol. The fraction of sp³-hybridized carbons (Fsp3) is 0.143. The third-order valence-electron chi connectivity index (χ3n) is 2.89. The summed E-state index contributed by atoms with van der Waals surface area (Å²) < 4.78 is 5.11. The number of hydrogen-bond acceptors (Lipinski definition) is 3. The van der Waals surface area contributed by atoms with Crippen molar-refractivity contribution in [2.45, 2.75) is 6.42 Å². The molecular formula is C14H7Cl5N2O. The van der Waals surface area contributed by atoms with Crippen molar-refractivity contribution in [1.82, 2.24) is 4.98 Å². The Morgan fingerprint density at radius 3 is 2.09 bits per heavy atom. The number of nitrogens with zero attached hydrogens (tertiary/aromatic N) is 2. The molecule has 8 heteroatoms. The van der Waals surface area contributed by atoms with Crippen molar-refractivity contribution in [3.8, 4) is 23.1 Å². The van der Waals surface area contributed by atoms with E-state index in [1.54, 1.807) is 6.07 Å². The van der Waals surface area contributed by atoms with Gasteiger partial charge in [0.15, 0.2) is 0 Å². The highest BCUT2D eigenvalue weighted by atomic mass is 35.5. The maximum Gasteiger partial charge on any atom is 0.217 e. The molecule has 0 saturated carbocycles. The topological polar surface area (TPSA) is 45.9 Å². The summed E-state index contributed by atoms with van der Waals surface area (Å²) >= 11 is 30.6. The molecule has 0 aliphatic heterocycles. The van der Waals surface area contributed by atoms with E-state index in [1.807, 2.05) is 6.07 Å². The highest BCUT2D eigenvalue weighted by Crippen LogP contribution is 2.48. The number of ether oxygens (including phenoxy) is 1. The van der Waals surface area contributed by atoms with Gasteiger partial charge < -0.3 is 4.74 Å². The van der Waals surface area contributed by atoms with Crippen LogP contribution in [0.25, 0.3) is 11.1 Å². The van der Waals surface area contributed by atoms with Gasteiger partial charge in [-0.1, -0.05) is 58.0 Å². The van der Waals surface area contributed by atoms with Crippen LogP contribution in [0, 0.1) is 11.3 Å². The SMILES string of the molecule is COc1ncc(-c2c(Cl)c(Cl)c(Cl)c(Cl)c2Cl)cc1CC#N. The normalized spacial score (nSPS) is 10.4. The van der Waals surface area contributed by atoms with E-state index in [0.29, 0.717) is 22.6 Å². The predicted octanol–water partition coefficient (Wildman–Crippen LogP) is 6.09. The molecule has 0 saturated heterocycles. The van der Waals surface area contributed by atoms with E-state index < -0.39 is 0 Å². The van der Waals surface area contributed by atoms with Gasteiger partial charge in [-0.15, -0.1) is 0 Å². The lowest BCUT2D eigenvalue weighted by atomic mass is 10.0. The zero-order valence-corrected chi connectivity index (χ0v) is 14.8. The molecule has 0 atom stereocenters. The summed E-state index contributed by atoms with van der Waals surface area (Å²) in [6.07, 6.45) is 1.63. The molecule has 2 aromatic rings.